The molecule has 1 aromatic heterocycles. The number of halogens is 3. The van der Waals surface area contributed by atoms with Gasteiger partial charge in [0.05, 0.1) is 6.20 Å². The highest BCUT2D eigenvalue weighted by Crippen LogP contribution is 2.36. The molecule has 4 nitrogen and oxygen atoms in total. The van der Waals surface area contributed by atoms with Crippen LogP contribution in [0.25, 0.3) is 0 Å². The van der Waals surface area contributed by atoms with Crippen LogP contribution in [0, 0.1) is 5.82 Å². The summed E-state index contributed by atoms with van der Waals surface area (Å²) in [6, 6.07) is 15.0. The van der Waals surface area contributed by atoms with Crippen LogP contribution in [0.5, 0.6) is 0 Å². The summed E-state index contributed by atoms with van der Waals surface area (Å²) in [5.41, 5.74) is 7.14. The Morgan fingerprint density at radius 3 is 2.04 bits per heavy atom. The van der Waals surface area contributed by atoms with Gasteiger partial charge in [-0.05, 0) is 36.4 Å². The van der Waals surface area contributed by atoms with Gasteiger partial charge >= 0.3 is 0 Å². The third-order valence-corrected chi connectivity index (χ3v) is 4.08. The Labute approximate surface area is 149 Å². The van der Waals surface area contributed by atoms with Crippen molar-refractivity contribution in [2.24, 2.45) is 0 Å². The molecule has 7 heteroatoms. The summed E-state index contributed by atoms with van der Waals surface area (Å²) in [7, 11) is 0. The number of benzene rings is 2. The Hall–Kier alpha value is -1.99. The molecule has 0 aliphatic carbocycles. The lowest BCUT2D eigenvalue weighted by atomic mass is 10.2. The molecule has 0 atom stereocenters. The van der Waals surface area contributed by atoms with Gasteiger partial charge in [0.1, 0.15) is 0 Å². The molecule has 0 unspecified atom stereocenters. The molecule has 0 fully saturated rings. The fourth-order valence-electron chi connectivity index (χ4n) is 2.15. The van der Waals surface area contributed by atoms with Crippen molar-refractivity contribution in [3.8, 4) is 0 Å². The van der Waals surface area contributed by atoms with E-state index in [0.717, 1.165) is 26.5 Å². The Kier molecular flexibility index (Phi) is 4.58. The normalized spacial score (nSPS) is 10.6. The van der Waals surface area contributed by atoms with E-state index in [4.69, 9.17) is 5.73 Å². The fraction of sp³-hybridized carbons (Fsp3) is 0. The Bertz CT molecular complexity index is 811. The molecular formula is C16H11Br2FN4. The summed E-state index contributed by atoms with van der Waals surface area (Å²) in [6.45, 7) is 0. The zero-order valence-corrected chi connectivity index (χ0v) is 14.9. The van der Waals surface area contributed by atoms with Crippen LogP contribution >= 0.6 is 31.9 Å². The van der Waals surface area contributed by atoms with Gasteiger partial charge in [0.15, 0.2) is 11.6 Å². The van der Waals surface area contributed by atoms with Crippen LogP contribution in [0.4, 0.5) is 27.5 Å². The summed E-state index contributed by atoms with van der Waals surface area (Å²) >= 11 is 6.87. The van der Waals surface area contributed by atoms with Gasteiger partial charge in [-0.15, -0.1) is 0 Å². The number of hydrogen-bond acceptors (Lipinski definition) is 4. The van der Waals surface area contributed by atoms with E-state index in [9.17, 15) is 4.39 Å². The van der Waals surface area contributed by atoms with Gasteiger partial charge in [0, 0.05) is 20.3 Å². The minimum Gasteiger partial charge on any atom is -0.368 e. The lowest BCUT2D eigenvalue weighted by Crippen LogP contribution is -2.15. The molecule has 0 bridgehead atoms. The quantitative estimate of drug-likeness (QED) is 0.612. The predicted octanol–water partition coefficient (Wildman–Crippen LogP) is 5.19. The average Bonchev–Trinajstić information content (AvgIpc) is 2.51. The maximum absolute atomic E-state index is 14.3. The molecule has 0 saturated carbocycles. The van der Waals surface area contributed by atoms with Crippen molar-refractivity contribution in [2.75, 3.05) is 10.6 Å². The van der Waals surface area contributed by atoms with E-state index < -0.39 is 5.82 Å². The van der Waals surface area contributed by atoms with E-state index >= 15 is 0 Å². The van der Waals surface area contributed by atoms with Gasteiger partial charge in [0.2, 0.25) is 5.95 Å². The van der Waals surface area contributed by atoms with Crippen molar-refractivity contribution < 1.29 is 4.39 Å². The van der Waals surface area contributed by atoms with Gasteiger partial charge in [-0.25, -0.2) is 9.37 Å². The van der Waals surface area contributed by atoms with E-state index in [0.29, 0.717) is 0 Å². The molecule has 2 N–H and O–H groups in total. The standard InChI is InChI=1S/C16H11Br2FN4/c17-10-3-1-5-12(7-10)23(13-6-2-4-11(18)8-13)15-14(19)9-21-16(20)22-15/h1-9H,(H2,20,21,22). The van der Waals surface area contributed by atoms with Crippen LogP contribution in [0.3, 0.4) is 0 Å². The fourth-order valence-corrected chi connectivity index (χ4v) is 2.93. The smallest absolute Gasteiger partial charge is 0.222 e. The molecular weight excluding hydrogens is 427 g/mol. The summed E-state index contributed by atoms with van der Waals surface area (Å²) < 4.78 is 16.1. The second-order valence-corrected chi connectivity index (χ2v) is 6.53. The molecule has 0 saturated heterocycles. The number of nitrogens with two attached hydrogens (primary N) is 1. The summed E-state index contributed by atoms with van der Waals surface area (Å²) in [5.74, 6) is -0.454. The summed E-state index contributed by atoms with van der Waals surface area (Å²) in [4.78, 5) is 9.45. The third kappa shape index (κ3) is 3.51. The first-order chi connectivity index (χ1) is 11.0. The molecule has 0 radical (unpaired) electrons. The minimum atomic E-state index is -0.556. The van der Waals surface area contributed by atoms with Crippen molar-refractivity contribution in [1.82, 2.24) is 9.97 Å². The molecule has 0 spiro atoms. The molecule has 1 heterocycles. The number of rotatable bonds is 3. The average molecular weight is 438 g/mol. The molecule has 116 valence electrons. The predicted molar refractivity (Wildman–Crippen MR) is 96.5 cm³/mol. The highest BCUT2D eigenvalue weighted by molar-refractivity contribution is 9.10. The number of aromatic nitrogens is 2. The van der Waals surface area contributed by atoms with Crippen LogP contribution in [0.15, 0.2) is 63.7 Å². The van der Waals surface area contributed by atoms with E-state index in [2.05, 4.69) is 41.8 Å². The van der Waals surface area contributed by atoms with Crippen molar-refractivity contribution in [1.29, 1.82) is 0 Å². The van der Waals surface area contributed by atoms with Crippen molar-refractivity contribution in [3.63, 3.8) is 0 Å². The lowest BCUT2D eigenvalue weighted by molar-refractivity contribution is 0.616. The van der Waals surface area contributed by atoms with Crippen LogP contribution in [-0.4, -0.2) is 9.97 Å². The zero-order valence-electron chi connectivity index (χ0n) is 11.7. The van der Waals surface area contributed by atoms with Crippen LogP contribution < -0.4 is 10.6 Å². The molecule has 23 heavy (non-hydrogen) atoms. The maximum atomic E-state index is 14.3. The van der Waals surface area contributed by atoms with Crippen LogP contribution in [0.2, 0.25) is 0 Å². The number of nitrogen functional groups attached to an aromatic ring is 1. The van der Waals surface area contributed by atoms with Crippen molar-refractivity contribution in [3.05, 3.63) is 69.5 Å². The molecule has 2 aromatic carbocycles. The summed E-state index contributed by atoms with van der Waals surface area (Å²) in [6.07, 6.45) is 1.07. The Balaban J connectivity index is 2.23. The second kappa shape index (κ2) is 6.64. The van der Waals surface area contributed by atoms with E-state index in [1.807, 2.05) is 48.5 Å². The van der Waals surface area contributed by atoms with Crippen LogP contribution in [0.1, 0.15) is 0 Å². The van der Waals surface area contributed by atoms with Gasteiger partial charge in [-0.2, -0.15) is 4.98 Å². The van der Waals surface area contributed by atoms with Crippen molar-refractivity contribution in [2.45, 2.75) is 0 Å². The lowest BCUT2D eigenvalue weighted by Gasteiger charge is -2.24. The Morgan fingerprint density at radius 1 is 0.957 bits per heavy atom. The zero-order chi connectivity index (χ0) is 16.4. The number of anilines is 4. The number of nitrogens with zero attached hydrogens (tertiary/aromatic N) is 3. The first-order valence-electron chi connectivity index (χ1n) is 6.64. The molecule has 0 aliphatic heterocycles. The molecule has 0 amide bonds. The second-order valence-electron chi connectivity index (χ2n) is 4.69. The van der Waals surface area contributed by atoms with E-state index in [1.165, 1.54) is 0 Å². The van der Waals surface area contributed by atoms with Gasteiger partial charge in [-0.3, -0.25) is 4.90 Å². The maximum Gasteiger partial charge on any atom is 0.222 e. The highest BCUT2D eigenvalue weighted by Gasteiger charge is 2.19. The topological polar surface area (TPSA) is 55.0 Å². The first-order valence-corrected chi connectivity index (χ1v) is 8.22. The largest absolute Gasteiger partial charge is 0.368 e. The monoisotopic (exact) mass is 436 g/mol. The van der Waals surface area contributed by atoms with Crippen LogP contribution in [-0.2, 0) is 0 Å². The molecule has 0 aliphatic rings. The molecule has 3 rings (SSSR count). The Morgan fingerprint density at radius 2 is 1.52 bits per heavy atom. The number of hydrogen-bond donors (Lipinski definition) is 1. The SMILES string of the molecule is Nc1ncc(F)c(N(c2cccc(Br)c2)c2cccc(Br)c2)n1. The van der Waals surface area contributed by atoms with Gasteiger partial charge in [-0.1, -0.05) is 44.0 Å². The summed E-state index contributed by atoms with van der Waals surface area (Å²) in [5, 5.41) is 0. The van der Waals surface area contributed by atoms with Gasteiger partial charge in [0.25, 0.3) is 0 Å². The molecule has 3 aromatic rings. The van der Waals surface area contributed by atoms with E-state index in [1.54, 1.807) is 4.90 Å². The van der Waals surface area contributed by atoms with Crippen molar-refractivity contribution >= 4 is 55.0 Å². The van der Waals surface area contributed by atoms with E-state index in [-0.39, 0.29) is 11.8 Å². The first kappa shape index (κ1) is 15.9. The third-order valence-electron chi connectivity index (χ3n) is 3.09. The minimum absolute atomic E-state index is 0.0105. The highest BCUT2D eigenvalue weighted by atomic mass is 79.9. The van der Waals surface area contributed by atoms with Gasteiger partial charge < -0.3 is 5.73 Å².